The number of rotatable bonds is 3. The van der Waals surface area contributed by atoms with Crippen LogP contribution in [-0.4, -0.2) is 23.1 Å². The number of nitrogens with zero attached hydrogens (tertiary/aromatic N) is 1. The molecule has 6 nitrogen and oxygen atoms in total. The Bertz CT molecular complexity index is 151. The van der Waals surface area contributed by atoms with Gasteiger partial charge in [-0.25, -0.2) is 4.79 Å². The van der Waals surface area contributed by atoms with E-state index in [4.69, 9.17) is 16.6 Å². The Morgan fingerprint density at radius 1 is 1.70 bits per heavy atom. The quantitative estimate of drug-likeness (QED) is 0.214. The second-order valence-electron chi connectivity index (χ2n) is 1.73. The molecule has 10 heavy (non-hydrogen) atoms. The summed E-state index contributed by atoms with van der Waals surface area (Å²) in [5.41, 5.74) is 12.0. The first-order chi connectivity index (χ1) is 4.54. The van der Waals surface area contributed by atoms with Crippen LogP contribution in [0.1, 0.15) is 6.92 Å². The van der Waals surface area contributed by atoms with Crippen molar-refractivity contribution >= 4 is 11.9 Å². The van der Waals surface area contributed by atoms with Crippen LogP contribution < -0.4 is 16.9 Å². The molecule has 0 aliphatic rings. The van der Waals surface area contributed by atoms with E-state index in [-0.39, 0.29) is 5.96 Å². The number of hydrogen-bond donors (Lipinski definition) is 4. The standard InChI is InChI=1S/C4H10N4O2/c1-2(3(9)10)7-8-4(5)6/h2,7H,1H3,(H,9,10)(H4,5,6,8)/t2-/m0/s1. The molecule has 1 atom stereocenters. The van der Waals surface area contributed by atoms with Crippen molar-refractivity contribution in [3.63, 3.8) is 0 Å². The number of carboxylic acid groups (broad SMARTS) is 1. The molecule has 0 rings (SSSR count). The summed E-state index contributed by atoms with van der Waals surface area (Å²) in [4.78, 5) is 10.1. The molecule has 0 radical (unpaired) electrons. The van der Waals surface area contributed by atoms with Gasteiger partial charge in [0.2, 0.25) is 5.96 Å². The fraction of sp³-hybridized carbons (Fsp3) is 0.500. The van der Waals surface area contributed by atoms with E-state index < -0.39 is 12.0 Å². The Morgan fingerprint density at radius 2 is 2.20 bits per heavy atom. The number of nitrogens with two attached hydrogens (primary N) is 2. The summed E-state index contributed by atoms with van der Waals surface area (Å²) in [7, 11) is 0. The summed E-state index contributed by atoms with van der Waals surface area (Å²) >= 11 is 0. The lowest BCUT2D eigenvalue weighted by atomic mass is 10.4. The van der Waals surface area contributed by atoms with Crippen molar-refractivity contribution in [1.82, 2.24) is 5.43 Å². The molecule has 0 spiro atoms. The minimum absolute atomic E-state index is 0.187. The second-order valence-corrected chi connectivity index (χ2v) is 1.73. The Balaban J connectivity index is 3.70. The van der Waals surface area contributed by atoms with E-state index >= 15 is 0 Å². The molecule has 58 valence electrons. The first kappa shape index (κ1) is 8.54. The Kier molecular flexibility index (Phi) is 3.03. The van der Waals surface area contributed by atoms with Crippen molar-refractivity contribution in [2.24, 2.45) is 16.6 Å². The molecule has 0 bridgehead atoms. The van der Waals surface area contributed by atoms with Gasteiger partial charge in [0, 0.05) is 0 Å². The van der Waals surface area contributed by atoms with Crippen molar-refractivity contribution in [2.75, 3.05) is 0 Å². The summed E-state index contributed by atoms with van der Waals surface area (Å²) in [5, 5.41) is 11.6. The largest absolute Gasteiger partial charge is 0.480 e. The average Bonchev–Trinajstić information content (AvgIpc) is 1.82. The van der Waals surface area contributed by atoms with Crippen LogP contribution in [0.3, 0.4) is 0 Å². The summed E-state index contributed by atoms with van der Waals surface area (Å²) in [6.45, 7) is 1.43. The van der Waals surface area contributed by atoms with Gasteiger partial charge in [0.1, 0.15) is 6.04 Å². The fourth-order valence-corrected chi connectivity index (χ4v) is 0.227. The third-order valence-electron chi connectivity index (χ3n) is 0.758. The van der Waals surface area contributed by atoms with E-state index in [2.05, 4.69) is 10.5 Å². The average molecular weight is 146 g/mol. The molecule has 6 heteroatoms. The molecule has 0 aromatic heterocycles. The highest BCUT2D eigenvalue weighted by Gasteiger charge is 2.07. The van der Waals surface area contributed by atoms with Gasteiger partial charge in [0.25, 0.3) is 0 Å². The molecule has 0 aliphatic carbocycles. The van der Waals surface area contributed by atoms with Crippen molar-refractivity contribution in [1.29, 1.82) is 0 Å². The number of hydrazone groups is 1. The topological polar surface area (TPSA) is 114 Å². The van der Waals surface area contributed by atoms with Crippen LogP contribution in [-0.2, 0) is 4.79 Å². The van der Waals surface area contributed by atoms with Crippen LogP contribution in [0.4, 0.5) is 0 Å². The maximum Gasteiger partial charge on any atom is 0.327 e. The number of guanidine groups is 1. The highest BCUT2D eigenvalue weighted by atomic mass is 16.4. The minimum Gasteiger partial charge on any atom is -0.480 e. The number of carbonyl (C=O) groups is 1. The molecule has 0 aromatic rings. The van der Waals surface area contributed by atoms with E-state index in [1.165, 1.54) is 6.92 Å². The first-order valence-electron chi connectivity index (χ1n) is 2.61. The minimum atomic E-state index is -1.01. The summed E-state index contributed by atoms with van der Waals surface area (Å²) in [5.74, 6) is -1.20. The van der Waals surface area contributed by atoms with E-state index in [0.29, 0.717) is 0 Å². The molecular formula is C4H10N4O2. The predicted octanol–water partition coefficient (Wildman–Crippen LogP) is -1.76. The molecule has 0 amide bonds. The smallest absolute Gasteiger partial charge is 0.327 e. The zero-order valence-electron chi connectivity index (χ0n) is 5.53. The zero-order chi connectivity index (χ0) is 8.15. The van der Waals surface area contributed by atoms with Gasteiger partial charge in [0.05, 0.1) is 0 Å². The molecule has 0 heterocycles. The number of nitrogens with one attached hydrogen (secondary N) is 1. The third kappa shape index (κ3) is 3.53. The Hall–Kier alpha value is -1.46. The molecule has 0 saturated carbocycles. The summed E-state index contributed by atoms with van der Waals surface area (Å²) < 4.78 is 0. The molecule has 0 aromatic carbocycles. The Labute approximate surface area is 57.9 Å². The number of carboxylic acids is 1. The Morgan fingerprint density at radius 3 is 2.50 bits per heavy atom. The van der Waals surface area contributed by atoms with Gasteiger partial charge >= 0.3 is 5.97 Å². The maximum absolute atomic E-state index is 10.1. The van der Waals surface area contributed by atoms with Gasteiger partial charge in [-0.15, -0.1) is 5.10 Å². The van der Waals surface area contributed by atoms with Gasteiger partial charge < -0.3 is 16.6 Å². The SMILES string of the molecule is C[C@H](NN=C(N)N)C(=O)O. The maximum atomic E-state index is 10.1. The van der Waals surface area contributed by atoms with Crippen molar-refractivity contribution in [3.8, 4) is 0 Å². The van der Waals surface area contributed by atoms with Crippen LogP contribution in [0, 0.1) is 0 Å². The lowest BCUT2D eigenvalue weighted by Crippen LogP contribution is -2.34. The van der Waals surface area contributed by atoms with Crippen LogP contribution in [0.2, 0.25) is 0 Å². The molecule has 0 fully saturated rings. The van der Waals surface area contributed by atoms with Crippen LogP contribution in [0.25, 0.3) is 0 Å². The van der Waals surface area contributed by atoms with Gasteiger partial charge in [0.15, 0.2) is 0 Å². The highest BCUT2D eigenvalue weighted by Crippen LogP contribution is 1.78. The van der Waals surface area contributed by atoms with E-state index in [1.54, 1.807) is 0 Å². The predicted molar refractivity (Wildman–Crippen MR) is 36.0 cm³/mol. The van der Waals surface area contributed by atoms with Gasteiger partial charge in [-0.1, -0.05) is 0 Å². The molecule has 0 aliphatic heterocycles. The number of aliphatic carboxylic acids is 1. The molecular weight excluding hydrogens is 136 g/mol. The fourth-order valence-electron chi connectivity index (χ4n) is 0.227. The lowest BCUT2D eigenvalue weighted by Gasteiger charge is -2.03. The monoisotopic (exact) mass is 146 g/mol. The van der Waals surface area contributed by atoms with Gasteiger partial charge in [-0.05, 0) is 6.92 Å². The first-order valence-corrected chi connectivity index (χ1v) is 2.61. The van der Waals surface area contributed by atoms with Crippen LogP contribution in [0.15, 0.2) is 5.10 Å². The van der Waals surface area contributed by atoms with E-state index in [1.807, 2.05) is 0 Å². The third-order valence-corrected chi connectivity index (χ3v) is 0.758. The molecule has 0 unspecified atom stereocenters. The normalized spacial score (nSPS) is 11.7. The van der Waals surface area contributed by atoms with Crippen LogP contribution >= 0.6 is 0 Å². The van der Waals surface area contributed by atoms with Crippen molar-refractivity contribution < 1.29 is 9.90 Å². The lowest BCUT2D eigenvalue weighted by molar-refractivity contribution is -0.138. The van der Waals surface area contributed by atoms with Crippen molar-refractivity contribution in [2.45, 2.75) is 13.0 Å². The molecule has 6 N–H and O–H groups in total. The highest BCUT2D eigenvalue weighted by molar-refractivity contribution is 5.76. The zero-order valence-corrected chi connectivity index (χ0v) is 5.53. The van der Waals surface area contributed by atoms with Crippen molar-refractivity contribution in [3.05, 3.63) is 0 Å². The van der Waals surface area contributed by atoms with Gasteiger partial charge in [-0.2, -0.15) is 0 Å². The van der Waals surface area contributed by atoms with Crippen LogP contribution in [0.5, 0.6) is 0 Å². The summed E-state index contributed by atoms with van der Waals surface area (Å²) in [6, 6.07) is -0.776. The number of hydrogen-bond acceptors (Lipinski definition) is 3. The second kappa shape index (κ2) is 3.54. The summed E-state index contributed by atoms with van der Waals surface area (Å²) in [6.07, 6.45) is 0. The van der Waals surface area contributed by atoms with E-state index in [0.717, 1.165) is 0 Å². The van der Waals surface area contributed by atoms with Gasteiger partial charge in [-0.3, -0.25) is 5.43 Å². The van der Waals surface area contributed by atoms with E-state index in [9.17, 15) is 4.79 Å². The molecule has 0 saturated heterocycles.